The van der Waals surface area contributed by atoms with Gasteiger partial charge in [-0.05, 0) is 17.7 Å². The maximum atomic E-state index is 10.7. The normalized spacial score (nSPS) is 10.1. The molecule has 2 aromatic heterocycles. The van der Waals surface area contributed by atoms with Crippen LogP contribution in [0.4, 0.5) is 11.8 Å². The van der Waals surface area contributed by atoms with Gasteiger partial charge in [0.2, 0.25) is 5.95 Å². The van der Waals surface area contributed by atoms with E-state index in [4.69, 9.17) is 5.11 Å². The Morgan fingerprint density at radius 2 is 2.10 bits per heavy atom. The average molecular weight is 273 g/mol. The van der Waals surface area contributed by atoms with Crippen LogP contribution in [0, 0.1) is 0 Å². The first kappa shape index (κ1) is 13.7. The molecule has 2 heterocycles. The van der Waals surface area contributed by atoms with Crippen LogP contribution >= 0.6 is 0 Å². The van der Waals surface area contributed by atoms with E-state index in [2.05, 4.69) is 20.3 Å². The van der Waals surface area contributed by atoms with Gasteiger partial charge >= 0.3 is 5.97 Å². The molecule has 0 aliphatic carbocycles. The molecule has 104 valence electrons. The molecule has 0 spiro atoms. The number of aromatic nitrogens is 3. The Balaban J connectivity index is 2.01. The van der Waals surface area contributed by atoms with Crippen LogP contribution in [0.2, 0.25) is 0 Å². The van der Waals surface area contributed by atoms with Crippen LogP contribution in [0.1, 0.15) is 16.1 Å². The van der Waals surface area contributed by atoms with Crippen molar-refractivity contribution < 1.29 is 9.90 Å². The zero-order valence-corrected chi connectivity index (χ0v) is 11.2. The number of nitrogens with one attached hydrogen (secondary N) is 1. The monoisotopic (exact) mass is 273 g/mol. The number of carbonyl (C=O) groups is 1. The third-order valence-corrected chi connectivity index (χ3v) is 2.56. The van der Waals surface area contributed by atoms with Gasteiger partial charge in [0.25, 0.3) is 0 Å². The third kappa shape index (κ3) is 3.41. The molecule has 0 aliphatic rings. The summed E-state index contributed by atoms with van der Waals surface area (Å²) in [5, 5.41) is 11.9. The maximum absolute atomic E-state index is 10.7. The Hall–Kier alpha value is -2.70. The number of pyridine rings is 1. The third-order valence-electron chi connectivity index (χ3n) is 2.56. The summed E-state index contributed by atoms with van der Waals surface area (Å²) < 4.78 is 0. The molecular weight excluding hydrogens is 258 g/mol. The first-order chi connectivity index (χ1) is 9.56. The molecule has 2 rings (SSSR count). The van der Waals surface area contributed by atoms with Gasteiger partial charge in [0.1, 0.15) is 11.5 Å². The van der Waals surface area contributed by atoms with E-state index in [9.17, 15) is 4.79 Å². The summed E-state index contributed by atoms with van der Waals surface area (Å²) in [6.45, 7) is 0.511. The van der Waals surface area contributed by atoms with Crippen molar-refractivity contribution in [2.24, 2.45) is 0 Å². The summed E-state index contributed by atoms with van der Waals surface area (Å²) in [4.78, 5) is 24.8. The van der Waals surface area contributed by atoms with Gasteiger partial charge in [0, 0.05) is 33.0 Å². The van der Waals surface area contributed by atoms with Crippen molar-refractivity contribution in [3.63, 3.8) is 0 Å². The standard InChI is InChI=1S/C13H15N5O2/c1-18(2)13-14-6-5-11(17-13)16-8-9-3-4-10(12(19)20)15-7-9/h3-7H,8H2,1-2H3,(H,19,20)(H,14,16,17). The second-order valence-electron chi connectivity index (χ2n) is 4.35. The molecule has 0 saturated heterocycles. The van der Waals surface area contributed by atoms with Crippen molar-refractivity contribution in [3.05, 3.63) is 41.9 Å². The van der Waals surface area contributed by atoms with Crippen molar-refractivity contribution in [1.29, 1.82) is 0 Å². The molecule has 0 aliphatic heterocycles. The summed E-state index contributed by atoms with van der Waals surface area (Å²) >= 11 is 0. The van der Waals surface area contributed by atoms with E-state index in [0.717, 1.165) is 5.56 Å². The molecule has 7 heteroatoms. The van der Waals surface area contributed by atoms with Crippen molar-refractivity contribution in [2.75, 3.05) is 24.3 Å². The quantitative estimate of drug-likeness (QED) is 0.847. The summed E-state index contributed by atoms with van der Waals surface area (Å²) in [7, 11) is 3.74. The summed E-state index contributed by atoms with van der Waals surface area (Å²) in [6.07, 6.45) is 3.21. The van der Waals surface area contributed by atoms with Crippen LogP contribution in [-0.4, -0.2) is 40.1 Å². The van der Waals surface area contributed by atoms with Gasteiger partial charge in [0.15, 0.2) is 0 Å². The molecule has 0 unspecified atom stereocenters. The Labute approximate surface area is 116 Å². The van der Waals surface area contributed by atoms with Gasteiger partial charge in [-0.15, -0.1) is 0 Å². The number of hydrogen-bond donors (Lipinski definition) is 2. The predicted octanol–water partition coefficient (Wildman–Crippen LogP) is 1.25. The lowest BCUT2D eigenvalue weighted by Crippen LogP contribution is -2.13. The number of anilines is 2. The smallest absolute Gasteiger partial charge is 0.354 e. The fraction of sp³-hybridized carbons (Fsp3) is 0.231. The van der Waals surface area contributed by atoms with Gasteiger partial charge in [-0.3, -0.25) is 0 Å². The molecule has 0 amide bonds. The highest BCUT2D eigenvalue weighted by Crippen LogP contribution is 2.09. The summed E-state index contributed by atoms with van der Waals surface area (Å²) in [5.41, 5.74) is 0.908. The minimum atomic E-state index is -1.03. The SMILES string of the molecule is CN(C)c1nccc(NCc2ccc(C(=O)O)nc2)n1. The molecular formula is C13H15N5O2. The fourth-order valence-corrected chi connectivity index (χ4v) is 1.51. The van der Waals surface area contributed by atoms with Gasteiger partial charge < -0.3 is 15.3 Å². The maximum Gasteiger partial charge on any atom is 0.354 e. The molecule has 0 saturated carbocycles. The van der Waals surface area contributed by atoms with Crippen LogP contribution in [0.15, 0.2) is 30.6 Å². The van der Waals surface area contributed by atoms with E-state index in [0.29, 0.717) is 18.3 Å². The highest BCUT2D eigenvalue weighted by atomic mass is 16.4. The number of carboxylic acids is 1. The lowest BCUT2D eigenvalue weighted by atomic mass is 10.2. The zero-order valence-electron chi connectivity index (χ0n) is 11.2. The first-order valence-electron chi connectivity index (χ1n) is 5.99. The van der Waals surface area contributed by atoms with Crippen LogP contribution < -0.4 is 10.2 Å². The van der Waals surface area contributed by atoms with Gasteiger partial charge in [-0.25, -0.2) is 14.8 Å². The topological polar surface area (TPSA) is 91.2 Å². The van der Waals surface area contributed by atoms with Gasteiger partial charge in [-0.1, -0.05) is 6.07 Å². The fourth-order valence-electron chi connectivity index (χ4n) is 1.51. The van der Waals surface area contributed by atoms with Crippen LogP contribution in [0.5, 0.6) is 0 Å². The summed E-state index contributed by atoms with van der Waals surface area (Å²) in [5.74, 6) is 0.288. The molecule has 7 nitrogen and oxygen atoms in total. The van der Waals surface area contributed by atoms with Gasteiger partial charge in [0.05, 0.1) is 0 Å². The number of aromatic carboxylic acids is 1. The van der Waals surface area contributed by atoms with Gasteiger partial charge in [-0.2, -0.15) is 4.98 Å². The number of nitrogens with zero attached hydrogens (tertiary/aromatic N) is 4. The lowest BCUT2D eigenvalue weighted by molar-refractivity contribution is 0.0690. The molecule has 2 aromatic rings. The van der Waals surface area contributed by atoms with Crippen molar-refractivity contribution >= 4 is 17.7 Å². The highest BCUT2D eigenvalue weighted by molar-refractivity contribution is 5.85. The Kier molecular flexibility index (Phi) is 4.09. The molecule has 0 fully saturated rings. The number of rotatable bonds is 5. The van der Waals surface area contributed by atoms with Crippen molar-refractivity contribution in [2.45, 2.75) is 6.54 Å². The molecule has 0 bridgehead atoms. The minimum Gasteiger partial charge on any atom is -0.477 e. The van der Waals surface area contributed by atoms with E-state index < -0.39 is 5.97 Å². The largest absolute Gasteiger partial charge is 0.477 e. The Morgan fingerprint density at radius 3 is 2.70 bits per heavy atom. The Bertz CT molecular complexity index is 598. The number of hydrogen-bond acceptors (Lipinski definition) is 6. The summed E-state index contributed by atoms with van der Waals surface area (Å²) in [6, 6.07) is 4.97. The van der Waals surface area contributed by atoms with Crippen LogP contribution in [-0.2, 0) is 6.54 Å². The molecule has 2 N–H and O–H groups in total. The predicted molar refractivity (Wildman–Crippen MR) is 74.9 cm³/mol. The first-order valence-corrected chi connectivity index (χ1v) is 5.99. The van der Waals surface area contributed by atoms with E-state index >= 15 is 0 Å². The number of carboxylic acid groups (broad SMARTS) is 1. The van der Waals surface area contributed by atoms with Crippen molar-refractivity contribution in [3.8, 4) is 0 Å². The van der Waals surface area contributed by atoms with E-state index in [1.54, 1.807) is 18.3 Å². The second-order valence-corrected chi connectivity index (χ2v) is 4.35. The van der Waals surface area contributed by atoms with E-state index in [1.807, 2.05) is 19.0 Å². The lowest BCUT2D eigenvalue weighted by Gasteiger charge is -2.11. The van der Waals surface area contributed by atoms with E-state index in [1.165, 1.54) is 12.3 Å². The van der Waals surface area contributed by atoms with Crippen LogP contribution in [0.25, 0.3) is 0 Å². The molecule has 0 atom stereocenters. The molecule has 20 heavy (non-hydrogen) atoms. The van der Waals surface area contributed by atoms with Crippen LogP contribution in [0.3, 0.4) is 0 Å². The average Bonchev–Trinajstić information content (AvgIpc) is 2.46. The minimum absolute atomic E-state index is 0.0330. The molecule has 0 aromatic carbocycles. The highest BCUT2D eigenvalue weighted by Gasteiger charge is 2.04. The zero-order chi connectivity index (χ0) is 14.5. The molecule has 0 radical (unpaired) electrons. The second kappa shape index (κ2) is 5.96. The Morgan fingerprint density at radius 1 is 1.30 bits per heavy atom. The van der Waals surface area contributed by atoms with E-state index in [-0.39, 0.29) is 5.69 Å². The van der Waals surface area contributed by atoms with Crippen molar-refractivity contribution in [1.82, 2.24) is 15.0 Å².